The summed E-state index contributed by atoms with van der Waals surface area (Å²) in [4.78, 5) is 14.1. The van der Waals surface area contributed by atoms with Crippen LogP contribution in [0.25, 0.3) is 0 Å². The fourth-order valence-corrected chi connectivity index (χ4v) is 2.75. The van der Waals surface area contributed by atoms with E-state index in [1.807, 2.05) is 11.9 Å². The molecule has 92 valence electrons. The van der Waals surface area contributed by atoms with E-state index in [1.165, 1.54) is 25.7 Å². The third kappa shape index (κ3) is 2.09. The summed E-state index contributed by atoms with van der Waals surface area (Å²) < 4.78 is 5.14. The molecule has 4 heteroatoms. The van der Waals surface area contributed by atoms with Crippen molar-refractivity contribution in [2.24, 2.45) is 17.1 Å². The Morgan fingerprint density at radius 1 is 1.44 bits per heavy atom. The van der Waals surface area contributed by atoms with Crippen molar-refractivity contribution in [2.75, 3.05) is 33.4 Å². The second kappa shape index (κ2) is 4.72. The fourth-order valence-electron chi connectivity index (χ4n) is 2.75. The molecule has 2 rings (SSSR count). The maximum Gasteiger partial charge on any atom is 0.234 e. The molecular formula is C12H22N2O2. The number of nitrogens with two attached hydrogens (primary N) is 1. The molecule has 0 atom stereocenters. The topological polar surface area (TPSA) is 55.6 Å². The van der Waals surface area contributed by atoms with Crippen LogP contribution in [-0.2, 0) is 9.53 Å². The maximum atomic E-state index is 12.2. The van der Waals surface area contributed by atoms with Gasteiger partial charge in [-0.25, -0.2) is 0 Å². The molecule has 1 aliphatic carbocycles. The largest absolute Gasteiger partial charge is 0.379 e. The Kier molecular flexibility index (Phi) is 3.50. The Hall–Kier alpha value is -0.610. The molecule has 2 fully saturated rings. The SMILES string of the molecule is CN(CC1CCCC1)C(=O)C1(CN)COC1. The van der Waals surface area contributed by atoms with Gasteiger partial charge in [-0.05, 0) is 18.8 Å². The summed E-state index contributed by atoms with van der Waals surface area (Å²) in [6.07, 6.45) is 5.17. The zero-order valence-electron chi connectivity index (χ0n) is 10.1. The summed E-state index contributed by atoms with van der Waals surface area (Å²) in [6, 6.07) is 0. The van der Waals surface area contributed by atoms with Crippen molar-refractivity contribution >= 4 is 5.91 Å². The molecule has 0 radical (unpaired) electrons. The van der Waals surface area contributed by atoms with E-state index in [0.717, 1.165) is 6.54 Å². The van der Waals surface area contributed by atoms with Gasteiger partial charge in [0.1, 0.15) is 5.41 Å². The molecule has 0 bridgehead atoms. The fraction of sp³-hybridized carbons (Fsp3) is 0.917. The summed E-state index contributed by atoms with van der Waals surface area (Å²) in [7, 11) is 1.90. The number of carbonyl (C=O) groups is 1. The van der Waals surface area contributed by atoms with Crippen molar-refractivity contribution in [2.45, 2.75) is 25.7 Å². The van der Waals surface area contributed by atoms with Crippen LogP contribution in [0.2, 0.25) is 0 Å². The first-order chi connectivity index (χ1) is 7.68. The van der Waals surface area contributed by atoms with Crippen molar-refractivity contribution in [1.29, 1.82) is 0 Å². The van der Waals surface area contributed by atoms with Crippen molar-refractivity contribution in [1.82, 2.24) is 4.90 Å². The van der Waals surface area contributed by atoms with Gasteiger partial charge in [-0.15, -0.1) is 0 Å². The first-order valence-corrected chi connectivity index (χ1v) is 6.21. The molecule has 2 aliphatic rings. The van der Waals surface area contributed by atoms with Crippen LogP contribution in [0.4, 0.5) is 0 Å². The zero-order valence-corrected chi connectivity index (χ0v) is 10.1. The molecule has 4 nitrogen and oxygen atoms in total. The first-order valence-electron chi connectivity index (χ1n) is 6.21. The van der Waals surface area contributed by atoms with E-state index in [-0.39, 0.29) is 5.91 Å². The lowest BCUT2D eigenvalue weighted by Gasteiger charge is -2.41. The van der Waals surface area contributed by atoms with E-state index in [1.54, 1.807) is 0 Å². The Bertz CT molecular complexity index is 252. The third-order valence-electron chi connectivity index (χ3n) is 3.95. The van der Waals surface area contributed by atoms with E-state index < -0.39 is 5.41 Å². The molecule has 0 aromatic heterocycles. The smallest absolute Gasteiger partial charge is 0.234 e. The number of hydrogen-bond acceptors (Lipinski definition) is 3. The highest BCUT2D eigenvalue weighted by molar-refractivity contribution is 5.84. The van der Waals surface area contributed by atoms with Gasteiger partial charge in [0, 0.05) is 20.1 Å². The molecule has 0 spiro atoms. The minimum Gasteiger partial charge on any atom is -0.379 e. The van der Waals surface area contributed by atoms with Crippen LogP contribution in [0.15, 0.2) is 0 Å². The number of hydrogen-bond donors (Lipinski definition) is 1. The summed E-state index contributed by atoms with van der Waals surface area (Å²) >= 11 is 0. The van der Waals surface area contributed by atoms with E-state index in [0.29, 0.717) is 25.7 Å². The molecule has 0 unspecified atom stereocenters. The predicted molar refractivity (Wildman–Crippen MR) is 61.9 cm³/mol. The molecule has 0 aromatic carbocycles. The molecule has 1 heterocycles. The number of amides is 1. The lowest BCUT2D eigenvalue weighted by molar-refractivity contribution is -0.169. The van der Waals surface area contributed by atoms with Crippen molar-refractivity contribution in [3.63, 3.8) is 0 Å². The van der Waals surface area contributed by atoms with Gasteiger partial charge in [0.05, 0.1) is 13.2 Å². The standard InChI is InChI=1S/C12H22N2O2/c1-14(6-10-4-2-3-5-10)11(15)12(7-13)8-16-9-12/h10H,2-9,13H2,1H3. The summed E-state index contributed by atoms with van der Waals surface area (Å²) in [5, 5.41) is 0. The molecule has 0 aromatic rings. The van der Waals surface area contributed by atoms with Gasteiger partial charge in [0.15, 0.2) is 0 Å². The summed E-state index contributed by atoms with van der Waals surface area (Å²) in [5.74, 6) is 0.873. The Balaban J connectivity index is 1.88. The Morgan fingerprint density at radius 2 is 2.06 bits per heavy atom. The molecule has 1 saturated carbocycles. The van der Waals surface area contributed by atoms with Crippen molar-refractivity contribution in [3.05, 3.63) is 0 Å². The van der Waals surface area contributed by atoms with E-state index in [9.17, 15) is 4.79 Å². The number of rotatable bonds is 4. The number of ether oxygens (including phenoxy) is 1. The highest BCUT2D eigenvalue weighted by Gasteiger charge is 2.46. The highest BCUT2D eigenvalue weighted by Crippen LogP contribution is 2.30. The number of nitrogens with zero attached hydrogens (tertiary/aromatic N) is 1. The van der Waals surface area contributed by atoms with Gasteiger partial charge >= 0.3 is 0 Å². The second-order valence-corrected chi connectivity index (χ2v) is 5.31. The summed E-state index contributed by atoms with van der Waals surface area (Å²) in [6.45, 7) is 2.29. The van der Waals surface area contributed by atoms with Gasteiger partial charge in [-0.2, -0.15) is 0 Å². The van der Waals surface area contributed by atoms with Gasteiger partial charge in [0.25, 0.3) is 0 Å². The quantitative estimate of drug-likeness (QED) is 0.764. The first kappa shape index (κ1) is 11.9. The lowest BCUT2D eigenvalue weighted by atomic mass is 9.84. The zero-order chi connectivity index (χ0) is 11.6. The Morgan fingerprint density at radius 3 is 2.50 bits per heavy atom. The van der Waals surface area contributed by atoms with Crippen LogP contribution < -0.4 is 5.73 Å². The van der Waals surface area contributed by atoms with Crippen LogP contribution in [0.3, 0.4) is 0 Å². The van der Waals surface area contributed by atoms with Crippen LogP contribution in [0, 0.1) is 11.3 Å². The van der Waals surface area contributed by atoms with Gasteiger partial charge in [-0.1, -0.05) is 12.8 Å². The van der Waals surface area contributed by atoms with Crippen LogP contribution in [0.1, 0.15) is 25.7 Å². The minimum atomic E-state index is -0.409. The normalized spacial score (nSPS) is 24.1. The highest BCUT2D eigenvalue weighted by atomic mass is 16.5. The van der Waals surface area contributed by atoms with Gasteiger partial charge < -0.3 is 15.4 Å². The second-order valence-electron chi connectivity index (χ2n) is 5.31. The van der Waals surface area contributed by atoms with Gasteiger partial charge in [0.2, 0.25) is 5.91 Å². The van der Waals surface area contributed by atoms with Gasteiger partial charge in [-0.3, -0.25) is 4.79 Å². The van der Waals surface area contributed by atoms with Crippen LogP contribution in [-0.4, -0.2) is 44.2 Å². The predicted octanol–water partition coefficient (Wildman–Crippen LogP) is 0.610. The molecule has 1 saturated heterocycles. The van der Waals surface area contributed by atoms with Crippen molar-refractivity contribution in [3.8, 4) is 0 Å². The van der Waals surface area contributed by atoms with E-state index >= 15 is 0 Å². The molecule has 1 amide bonds. The average Bonchev–Trinajstić information content (AvgIpc) is 2.69. The van der Waals surface area contributed by atoms with E-state index in [4.69, 9.17) is 10.5 Å². The number of carbonyl (C=O) groups excluding carboxylic acids is 1. The maximum absolute atomic E-state index is 12.2. The average molecular weight is 226 g/mol. The monoisotopic (exact) mass is 226 g/mol. The molecular weight excluding hydrogens is 204 g/mol. The molecule has 2 N–H and O–H groups in total. The summed E-state index contributed by atoms with van der Waals surface area (Å²) in [5.41, 5.74) is 5.28. The molecule has 1 aliphatic heterocycles. The van der Waals surface area contributed by atoms with Crippen molar-refractivity contribution < 1.29 is 9.53 Å². The van der Waals surface area contributed by atoms with E-state index in [2.05, 4.69) is 0 Å². The van der Waals surface area contributed by atoms with Crippen LogP contribution >= 0.6 is 0 Å². The van der Waals surface area contributed by atoms with Crippen LogP contribution in [0.5, 0.6) is 0 Å². The lowest BCUT2D eigenvalue weighted by Crippen LogP contribution is -2.58. The third-order valence-corrected chi connectivity index (χ3v) is 3.95. The Labute approximate surface area is 97.1 Å². The minimum absolute atomic E-state index is 0.174. The molecule has 16 heavy (non-hydrogen) atoms.